The van der Waals surface area contributed by atoms with Crippen LogP contribution in [0, 0.1) is 0 Å². The van der Waals surface area contributed by atoms with Gasteiger partial charge in [-0.3, -0.25) is 0 Å². The predicted molar refractivity (Wildman–Crippen MR) is 65.8 cm³/mol. The second-order valence-corrected chi connectivity index (χ2v) is 3.37. The molecule has 0 atom stereocenters. The van der Waals surface area contributed by atoms with Crippen molar-refractivity contribution in [2.24, 2.45) is 0 Å². The summed E-state index contributed by atoms with van der Waals surface area (Å²) in [5.74, 6) is 0.943. The molecule has 2 rings (SSSR count). The number of hydrogen-bond donors (Lipinski definition) is 3. The van der Waals surface area contributed by atoms with Crippen LogP contribution in [0.3, 0.4) is 0 Å². The molecule has 0 saturated carbocycles. The SMILES string of the molecule is CNc1cc(-c2ccc(N)cc2)nc(N)n1. The normalized spacial score (nSPS) is 10.1. The van der Waals surface area contributed by atoms with Gasteiger partial charge in [0.1, 0.15) is 5.82 Å². The molecule has 82 valence electrons. The van der Waals surface area contributed by atoms with Gasteiger partial charge < -0.3 is 16.8 Å². The van der Waals surface area contributed by atoms with Crippen LogP contribution in [0.25, 0.3) is 11.3 Å². The molecule has 1 aromatic carbocycles. The van der Waals surface area contributed by atoms with Crippen molar-refractivity contribution in [1.82, 2.24) is 9.97 Å². The molecule has 0 aliphatic rings. The lowest BCUT2D eigenvalue weighted by Crippen LogP contribution is -2.01. The number of nitrogen functional groups attached to an aromatic ring is 2. The van der Waals surface area contributed by atoms with E-state index in [4.69, 9.17) is 11.5 Å². The van der Waals surface area contributed by atoms with E-state index in [1.807, 2.05) is 30.3 Å². The Morgan fingerprint density at radius 1 is 1.06 bits per heavy atom. The van der Waals surface area contributed by atoms with Crippen LogP contribution in [0.15, 0.2) is 30.3 Å². The highest BCUT2D eigenvalue weighted by Crippen LogP contribution is 2.21. The molecule has 5 N–H and O–H groups in total. The van der Waals surface area contributed by atoms with E-state index in [-0.39, 0.29) is 5.95 Å². The molecule has 0 bridgehead atoms. The molecule has 0 amide bonds. The summed E-state index contributed by atoms with van der Waals surface area (Å²) >= 11 is 0. The average Bonchev–Trinajstić information content (AvgIpc) is 2.29. The molecule has 1 aromatic heterocycles. The molecule has 5 heteroatoms. The fourth-order valence-electron chi connectivity index (χ4n) is 1.40. The van der Waals surface area contributed by atoms with Crippen LogP contribution < -0.4 is 16.8 Å². The van der Waals surface area contributed by atoms with Crippen molar-refractivity contribution < 1.29 is 0 Å². The molecule has 0 aliphatic heterocycles. The third-order valence-electron chi connectivity index (χ3n) is 2.21. The lowest BCUT2D eigenvalue weighted by Gasteiger charge is -2.05. The van der Waals surface area contributed by atoms with Gasteiger partial charge in [-0.05, 0) is 12.1 Å². The number of benzene rings is 1. The Bertz CT molecular complexity index is 492. The van der Waals surface area contributed by atoms with E-state index in [0.29, 0.717) is 5.82 Å². The molecule has 2 aromatic rings. The minimum atomic E-state index is 0.249. The summed E-state index contributed by atoms with van der Waals surface area (Å²) in [5, 5.41) is 2.93. The second-order valence-electron chi connectivity index (χ2n) is 3.37. The molecule has 0 aliphatic carbocycles. The molecular formula is C11H13N5. The standard InChI is InChI=1S/C11H13N5/c1-14-10-6-9(15-11(13)16-10)7-2-4-8(12)5-3-7/h2-6H,12H2,1H3,(H3,13,14,15,16). The number of rotatable bonds is 2. The Hall–Kier alpha value is -2.30. The second kappa shape index (κ2) is 4.06. The third kappa shape index (κ3) is 2.03. The van der Waals surface area contributed by atoms with Crippen LogP contribution in [0.5, 0.6) is 0 Å². The summed E-state index contributed by atoms with van der Waals surface area (Å²) in [7, 11) is 1.79. The summed E-state index contributed by atoms with van der Waals surface area (Å²) < 4.78 is 0. The molecular weight excluding hydrogens is 202 g/mol. The minimum Gasteiger partial charge on any atom is -0.399 e. The third-order valence-corrected chi connectivity index (χ3v) is 2.21. The first-order valence-electron chi connectivity index (χ1n) is 4.87. The van der Waals surface area contributed by atoms with Gasteiger partial charge in [0.15, 0.2) is 0 Å². The number of nitrogens with zero attached hydrogens (tertiary/aromatic N) is 2. The minimum absolute atomic E-state index is 0.249. The highest BCUT2D eigenvalue weighted by molar-refractivity contribution is 5.65. The zero-order valence-corrected chi connectivity index (χ0v) is 8.94. The van der Waals surface area contributed by atoms with Crippen LogP contribution in [0.1, 0.15) is 0 Å². The maximum absolute atomic E-state index is 5.62. The monoisotopic (exact) mass is 215 g/mol. The largest absolute Gasteiger partial charge is 0.399 e. The number of nitrogens with two attached hydrogens (primary N) is 2. The van der Waals surface area contributed by atoms with Crippen LogP contribution in [-0.4, -0.2) is 17.0 Å². The van der Waals surface area contributed by atoms with Gasteiger partial charge in [0.05, 0.1) is 5.69 Å². The van der Waals surface area contributed by atoms with E-state index < -0.39 is 0 Å². The summed E-state index contributed by atoms with van der Waals surface area (Å²) in [6.07, 6.45) is 0. The molecule has 0 unspecified atom stereocenters. The molecule has 0 radical (unpaired) electrons. The van der Waals surface area contributed by atoms with Gasteiger partial charge in [-0.25, -0.2) is 4.98 Å². The molecule has 0 saturated heterocycles. The van der Waals surface area contributed by atoms with Crippen LogP contribution in [0.2, 0.25) is 0 Å². The average molecular weight is 215 g/mol. The Morgan fingerprint density at radius 3 is 2.38 bits per heavy atom. The Labute approximate surface area is 93.5 Å². The van der Waals surface area contributed by atoms with Crippen LogP contribution in [0.4, 0.5) is 17.5 Å². The van der Waals surface area contributed by atoms with Gasteiger partial charge in [0, 0.05) is 24.4 Å². The maximum atomic E-state index is 5.62. The number of anilines is 3. The first-order valence-corrected chi connectivity index (χ1v) is 4.87. The van der Waals surface area contributed by atoms with Gasteiger partial charge in [-0.1, -0.05) is 12.1 Å². The molecule has 16 heavy (non-hydrogen) atoms. The predicted octanol–water partition coefficient (Wildman–Crippen LogP) is 1.35. The molecule has 0 spiro atoms. The van der Waals surface area contributed by atoms with Crippen molar-refractivity contribution >= 4 is 17.5 Å². The first-order chi connectivity index (χ1) is 7.69. The number of hydrogen-bond acceptors (Lipinski definition) is 5. The van der Waals surface area contributed by atoms with Gasteiger partial charge in [-0.15, -0.1) is 0 Å². The smallest absolute Gasteiger partial charge is 0.222 e. The van der Waals surface area contributed by atoms with Gasteiger partial charge >= 0.3 is 0 Å². The molecule has 5 nitrogen and oxygen atoms in total. The number of aromatic nitrogens is 2. The van der Waals surface area contributed by atoms with E-state index in [2.05, 4.69) is 15.3 Å². The summed E-state index contributed by atoms with van der Waals surface area (Å²) in [5.41, 5.74) is 13.7. The van der Waals surface area contributed by atoms with Gasteiger partial charge in [0.2, 0.25) is 5.95 Å². The lowest BCUT2D eigenvalue weighted by molar-refractivity contribution is 1.18. The summed E-state index contributed by atoms with van der Waals surface area (Å²) in [4.78, 5) is 8.19. The fourth-order valence-corrected chi connectivity index (χ4v) is 1.40. The summed E-state index contributed by atoms with van der Waals surface area (Å²) in [6, 6.07) is 9.29. The summed E-state index contributed by atoms with van der Waals surface area (Å²) in [6.45, 7) is 0. The van der Waals surface area contributed by atoms with Crippen molar-refractivity contribution in [3.63, 3.8) is 0 Å². The molecule has 1 heterocycles. The van der Waals surface area contributed by atoms with Crippen molar-refractivity contribution in [3.05, 3.63) is 30.3 Å². The van der Waals surface area contributed by atoms with Crippen molar-refractivity contribution in [2.75, 3.05) is 23.8 Å². The molecule has 0 fully saturated rings. The van der Waals surface area contributed by atoms with E-state index in [1.165, 1.54) is 0 Å². The van der Waals surface area contributed by atoms with Crippen molar-refractivity contribution in [3.8, 4) is 11.3 Å². The zero-order chi connectivity index (χ0) is 11.5. The van der Waals surface area contributed by atoms with Crippen molar-refractivity contribution in [1.29, 1.82) is 0 Å². The lowest BCUT2D eigenvalue weighted by atomic mass is 10.1. The Kier molecular flexibility index (Phi) is 2.59. The van der Waals surface area contributed by atoms with Crippen LogP contribution >= 0.6 is 0 Å². The van der Waals surface area contributed by atoms with E-state index in [0.717, 1.165) is 16.9 Å². The maximum Gasteiger partial charge on any atom is 0.222 e. The zero-order valence-electron chi connectivity index (χ0n) is 8.94. The quantitative estimate of drug-likeness (QED) is 0.658. The Balaban J connectivity index is 2.47. The van der Waals surface area contributed by atoms with Gasteiger partial charge in [-0.2, -0.15) is 4.98 Å². The van der Waals surface area contributed by atoms with Gasteiger partial charge in [0.25, 0.3) is 0 Å². The fraction of sp³-hybridized carbons (Fsp3) is 0.0909. The Morgan fingerprint density at radius 2 is 1.75 bits per heavy atom. The number of nitrogens with one attached hydrogen (secondary N) is 1. The highest BCUT2D eigenvalue weighted by atomic mass is 15.1. The van der Waals surface area contributed by atoms with E-state index in [9.17, 15) is 0 Å². The topological polar surface area (TPSA) is 89.8 Å². The van der Waals surface area contributed by atoms with E-state index >= 15 is 0 Å². The van der Waals surface area contributed by atoms with Crippen LogP contribution in [-0.2, 0) is 0 Å². The highest BCUT2D eigenvalue weighted by Gasteiger charge is 2.03. The first kappa shape index (κ1) is 10.2. The van der Waals surface area contributed by atoms with Crippen molar-refractivity contribution in [2.45, 2.75) is 0 Å². The van der Waals surface area contributed by atoms with E-state index in [1.54, 1.807) is 7.05 Å².